The summed E-state index contributed by atoms with van der Waals surface area (Å²) in [5.74, 6) is -0.0755. The average molecular weight is 302 g/mol. The van der Waals surface area contributed by atoms with Crippen molar-refractivity contribution in [1.29, 1.82) is 0 Å². The summed E-state index contributed by atoms with van der Waals surface area (Å²) < 4.78 is 2.11. The van der Waals surface area contributed by atoms with Gasteiger partial charge in [-0.2, -0.15) is 5.10 Å². The normalized spacial score (nSPS) is 15.4. The summed E-state index contributed by atoms with van der Waals surface area (Å²) in [6.07, 6.45) is 7.18. The number of nitrogens with zero attached hydrogens (tertiary/aromatic N) is 2. The summed E-state index contributed by atoms with van der Waals surface area (Å²) in [5, 5.41) is 13.5. The number of hydrogen-bond donors (Lipinski definition) is 1. The van der Waals surface area contributed by atoms with E-state index < -0.39 is 5.97 Å². The zero-order chi connectivity index (χ0) is 14.7. The Balaban J connectivity index is 1.58. The molecule has 0 amide bonds. The van der Waals surface area contributed by atoms with Crippen LogP contribution in [-0.4, -0.2) is 20.9 Å². The largest absolute Gasteiger partial charge is 0.478 e. The van der Waals surface area contributed by atoms with Crippen molar-refractivity contribution in [3.63, 3.8) is 0 Å². The van der Waals surface area contributed by atoms with Crippen LogP contribution in [0.5, 0.6) is 0 Å². The fraction of sp³-hybridized carbons (Fsp3) is 0.375. The van der Waals surface area contributed by atoms with Crippen LogP contribution in [-0.2, 0) is 5.75 Å². The van der Waals surface area contributed by atoms with Gasteiger partial charge in [-0.1, -0.05) is 12.8 Å². The molecular formula is C16H18N2O2S. The van der Waals surface area contributed by atoms with Crippen LogP contribution < -0.4 is 0 Å². The molecule has 0 aliphatic heterocycles. The lowest BCUT2D eigenvalue weighted by Crippen LogP contribution is -2.05. The van der Waals surface area contributed by atoms with Crippen LogP contribution in [0.4, 0.5) is 0 Å². The summed E-state index contributed by atoms with van der Waals surface area (Å²) in [6.45, 7) is 0. The van der Waals surface area contributed by atoms with E-state index in [2.05, 4.69) is 22.0 Å². The number of carbonyl (C=O) groups is 1. The van der Waals surface area contributed by atoms with Gasteiger partial charge in [0, 0.05) is 16.8 Å². The zero-order valence-electron chi connectivity index (χ0n) is 11.7. The lowest BCUT2D eigenvalue weighted by Gasteiger charge is -2.08. The molecule has 1 N–H and O–H groups in total. The predicted octanol–water partition coefficient (Wildman–Crippen LogP) is 3.99. The van der Waals surface area contributed by atoms with Crippen molar-refractivity contribution in [1.82, 2.24) is 9.78 Å². The summed E-state index contributed by atoms with van der Waals surface area (Å²) >= 11 is 1.68. The van der Waals surface area contributed by atoms with Crippen molar-refractivity contribution in [2.24, 2.45) is 0 Å². The Morgan fingerprint density at radius 3 is 2.62 bits per heavy atom. The molecule has 0 radical (unpaired) electrons. The van der Waals surface area contributed by atoms with E-state index in [1.165, 1.54) is 25.7 Å². The number of benzene rings is 1. The number of carboxylic acids is 1. The maximum Gasteiger partial charge on any atom is 0.335 e. The average Bonchev–Trinajstić information content (AvgIpc) is 3.16. The second kappa shape index (κ2) is 6.35. The van der Waals surface area contributed by atoms with E-state index in [1.807, 2.05) is 12.1 Å². The monoisotopic (exact) mass is 302 g/mol. The summed E-state index contributed by atoms with van der Waals surface area (Å²) in [6, 6.07) is 9.64. The van der Waals surface area contributed by atoms with Crippen LogP contribution in [0.2, 0.25) is 0 Å². The smallest absolute Gasteiger partial charge is 0.335 e. The molecule has 110 valence electrons. The first-order valence-electron chi connectivity index (χ1n) is 7.22. The highest BCUT2D eigenvalue weighted by molar-refractivity contribution is 7.98. The molecule has 1 aromatic carbocycles. The van der Waals surface area contributed by atoms with Crippen LogP contribution in [0.3, 0.4) is 0 Å². The molecular weight excluding hydrogens is 284 g/mol. The molecule has 5 heteroatoms. The van der Waals surface area contributed by atoms with Gasteiger partial charge in [-0.15, -0.1) is 11.8 Å². The van der Waals surface area contributed by atoms with Crippen molar-refractivity contribution in [2.75, 3.05) is 0 Å². The van der Waals surface area contributed by atoms with E-state index in [1.54, 1.807) is 23.9 Å². The van der Waals surface area contributed by atoms with E-state index in [4.69, 9.17) is 5.11 Å². The van der Waals surface area contributed by atoms with Crippen molar-refractivity contribution in [2.45, 2.75) is 42.4 Å². The molecule has 0 bridgehead atoms. The maximum atomic E-state index is 10.8. The van der Waals surface area contributed by atoms with Gasteiger partial charge >= 0.3 is 5.97 Å². The van der Waals surface area contributed by atoms with Gasteiger partial charge in [0.25, 0.3) is 0 Å². The Labute approximate surface area is 128 Å². The Hall–Kier alpha value is -1.75. The van der Waals surface area contributed by atoms with Gasteiger partial charge in [0.05, 0.1) is 17.3 Å². The number of hydrogen-bond acceptors (Lipinski definition) is 3. The molecule has 0 saturated heterocycles. The number of aromatic nitrogens is 2. The molecule has 4 nitrogen and oxygen atoms in total. The molecule has 1 heterocycles. The van der Waals surface area contributed by atoms with Crippen LogP contribution >= 0.6 is 11.8 Å². The van der Waals surface area contributed by atoms with Gasteiger partial charge in [-0.3, -0.25) is 4.68 Å². The second-order valence-corrected chi connectivity index (χ2v) is 6.39. The van der Waals surface area contributed by atoms with E-state index in [9.17, 15) is 4.79 Å². The molecule has 0 atom stereocenters. The third-order valence-corrected chi connectivity index (χ3v) is 4.90. The minimum atomic E-state index is -0.887. The fourth-order valence-electron chi connectivity index (χ4n) is 2.68. The number of rotatable bonds is 5. The Kier molecular flexibility index (Phi) is 4.29. The van der Waals surface area contributed by atoms with Gasteiger partial charge < -0.3 is 5.11 Å². The van der Waals surface area contributed by atoms with Gasteiger partial charge in [0.2, 0.25) is 0 Å². The summed E-state index contributed by atoms with van der Waals surface area (Å²) in [4.78, 5) is 11.9. The minimum absolute atomic E-state index is 0.324. The molecule has 3 rings (SSSR count). The zero-order valence-corrected chi connectivity index (χ0v) is 12.6. The molecule has 1 saturated carbocycles. The van der Waals surface area contributed by atoms with Gasteiger partial charge in [-0.25, -0.2) is 4.79 Å². The lowest BCUT2D eigenvalue weighted by molar-refractivity contribution is 0.0697. The Bertz CT molecular complexity index is 615. The predicted molar refractivity (Wildman–Crippen MR) is 82.7 cm³/mol. The van der Waals surface area contributed by atoms with Crippen molar-refractivity contribution in [3.05, 3.63) is 47.8 Å². The van der Waals surface area contributed by atoms with E-state index >= 15 is 0 Å². The highest BCUT2D eigenvalue weighted by atomic mass is 32.2. The first-order valence-corrected chi connectivity index (χ1v) is 8.21. The van der Waals surface area contributed by atoms with Crippen molar-refractivity contribution in [3.8, 4) is 0 Å². The lowest BCUT2D eigenvalue weighted by atomic mass is 10.2. The quantitative estimate of drug-likeness (QED) is 0.849. The Morgan fingerprint density at radius 1 is 1.24 bits per heavy atom. The van der Waals surface area contributed by atoms with Gasteiger partial charge in [0.1, 0.15) is 0 Å². The minimum Gasteiger partial charge on any atom is -0.478 e. The molecule has 0 unspecified atom stereocenters. The van der Waals surface area contributed by atoms with Gasteiger partial charge in [0.15, 0.2) is 0 Å². The van der Waals surface area contributed by atoms with E-state index in [0.29, 0.717) is 11.6 Å². The third-order valence-electron chi connectivity index (χ3n) is 3.85. The molecule has 2 aromatic rings. The first-order chi connectivity index (χ1) is 10.2. The number of carboxylic acid groups (broad SMARTS) is 1. The summed E-state index contributed by atoms with van der Waals surface area (Å²) in [5.41, 5.74) is 1.40. The SMILES string of the molecule is O=C(O)c1ccc(SCc2ccn(C3CCCC3)n2)cc1. The Morgan fingerprint density at radius 2 is 1.95 bits per heavy atom. The van der Waals surface area contributed by atoms with E-state index in [-0.39, 0.29) is 0 Å². The topological polar surface area (TPSA) is 55.1 Å². The standard InChI is InChI=1S/C16H18N2O2S/c19-16(20)12-5-7-15(8-6-12)21-11-13-9-10-18(17-13)14-3-1-2-4-14/h5-10,14H,1-4,11H2,(H,19,20). The molecule has 1 fully saturated rings. The van der Waals surface area contributed by atoms with E-state index in [0.717, 1.165) is 16.3 Å². The van der Waals surface area contributed by atoms with Gasteiger partial charge in [-0.05, 0) is 43.2 Å². The summed E-state index contributed by atoms with van der Waals surface area (Å²) in [7, 11) is 0. The molecule has 0 spiro atoms. The highest BCUT2D eigenvalue weighted by Crippen LogP contribution is 2.29. The third kappa shape index (κ3) is 3.47. The molecule has 1 aliphatic carbocycles. The molecule has 1 aromatic heterocycles. The van der Waals surface area contributed by atoms with Crippen LogP contribution in [0, 0.1) is 0 Å². The first kappa shape index (κ1) is 14.2. The number of thioether (sulfide) groups is 1. The van der Waals surface area contributed by atoms with Crippen LogP contribution in [0.25, 0.3) is 0 Å². The second-order valence-electron chi connectivity index (χ2n) is 5.34. The van der Waals surface area contributed by atoms with Crippen LogP contribution in [0.15, 0.2) is 41.4 Å². The number of aromatic carboxylic acids is 1. The highest BCUT2D eigenvalue weighted by Gasteiger charge is 2.17. The van der Waals surface area contributed by atoms with Crippen molar-refractivity contribution >= 4 is 17.7 Å². The molecule has 21 heavy (non-hydrogen) atoms. The fourth-order valence-corrected chi connectivity index (χ4v) is 3.47. The van der Waals surface area contributed by atoms with Crippen molar-refractivity contribution < 1.29 is 9.90 Å². The molecule has 1 aliphatic rings. The maximum absolute atomic E-state index is 10.8. The van der Waals surface area contributed by atoms with Crippen LogP contribution in [0.1, 0.15) is 47.8 Å².